The van der Waals surface area contributed by atoms with E-state index in [1.54, 1.807) is 0 Å². The summed E-state index contributed by atoms with van der Waals surface area (Å²) in [5.74, 6) is 0. The van der Waals surface area contributed by atoms with Crippen molar-refractivity contribution in [2.24, 2.45) is 0 Å². The minimum Gasteiger partial charge on any atom is -0.319 e. The number of hydrogen-bond acceptors (Lipinski definition) is 3. The molecule has 0 N–H and O–H groups in total. The predicted octanol–water partition coefficient (Wildman–Crippen LogP) is 4.16. The van der Waals surface area contributed by atoms with Crippen molar-refractivity contribution in [2.75, 3.05) is 0 Å². The van der Waals surface area contributed by atoms with E-state index in [1.165, 1.54) is 6.42 Å². The van der Waals surface area contributed by atoms with E-state index in [0.29, 0.717) is 0 Å². The first kappa shape index (κ1) is 14.9. The third-order valence-electron chi connectivity index (χ3n) is 1.62. The van der Waals surface area contributed by atoms with Gasteiger partial charge in [0.2, 0.25) is 5.69 Å². The molecule has 86 valence electrons. The maximum atomic E-state index is 5.62. The molecule has 0 aromatic carbocycles. The highest BCUT2D eigenvalue weighted by Gasteiger charge is 2.18. The highest BCUT2D eigenvalue weighted by molar-refractivity contribution is 8.60. The van der Waals surface area contributed by atoms with Crippen LogP contribution in [0.25, 0.3) is 0 Å². The third-order valence-corrected chi connectivity index (χ3v) is 4.02. The van der Waals surface area contributed by atoms with E-state index in [2.05, 4.69) is 19.2 Å². The Morgan fingerprint density at radius 1 is 1.29 bits per heavy atom. The topological polar surface area (TPSA) is 18.5 Å². The van der Waals surface area contributed by atoms with Crippen LogP contribution in [0.5, 0.6) is 0 Å². The van der Waals surface area contributed by atoms with Crippen molar-refractivity contribution in [3.63, 3.8) is 0 Å². The standard InChI is InChI=1S/C9H21O2PS2/c1-5-6-7-9(4)11-12(13,14)10-8(2)3/h8-9H,5-7H2,1-4H3,(H,13,14). The van der Waals surface area contributed by atoms with Crippen LogP contribution in [0.3, 0.4) is 0 Å². The van der Waals surface area contributed by atoms with Gasteiger partial charge in [-0.2, -0.15) is 0 Å². The zero-order valence-corrected chi connectivity index (χ0v) is 12.0. The minimum absolute atomic E-state index is 0.0803. The molecule has 0 amide bonds. The first-order valence-electron chi connectivity index (χ1n) is 5.07. The van der Waals surface area contributed by atoms with Gasteiger partial charge < -0.3 is 9.05 Å². The van der Waals surface area contributed by atoms with E-state index < -0.39 is 5.69 Å². The Balaban J connectivity index is 3.89. The molecule has 0 saturated heterocycles. The van der Waals surface area contributed by atoms with Gasteiger partial charge in [0.25, 0.3) is 0 Å². The van der Waals surface area contributed by atoms with Crippen molar-refractivity contribution in [2.45, 2.75) is 59.2 Å². The van der Waals surface area contributed by atoms with E-state index in [9.17, 15) is 0 Å². The average molecular weight is 256 g/mol. The molecule has 0 aromatic heterocycles. The lowest BCUT2D eigenvalue weighted by Crippen LogP contribution is -2.08. The monoisotopic (exact) mass is 256 g/mol. The first-order valence-corrected chi connectivity index (χ1v) is 8.86. The van der Waals surface area contributed by atoms with E-state index in [0.717, 1.165) is 12.8 Å². The van der Waals surface area contributed by atoms with Gasteiger partial charge >= 0.3 is 0 Å². The molecule has 0 saturated carbocycles. The van der Waals surface area contributed by atoms with Crippen LogP contribution in [0.15, 0.2) is 0 Å². The molecule has 0 aromatic rings. The lowest BCUT2D eigenvalue weighted by molar-refractivity contribution is 0.169. The average Bonchev–Trinajstić information content (AvgIpc) is 1.96. The van der Waals surface area contributed by atoms with Crippen LogP contribution in [-0.2, 0) is 20.9 Å². The van der Waals surface area contributed by atoms with Gasteiger partial charge in [0, 0.05) is 0 Å². The minimum atomic E-state index is -2.32. The van der Waals surface area contributed by atoms with E-state index in [1.807, 2.05) is 20.8 Å². The Morgan fingerprint density at radius 2 is 1.86 bits per heavy atom. The summed E-state index contributed by atoms with van der Waals surface area (Å²) in [7, 11) is 0. The van der Waals surface area contributed by atoms with Crippen LogP contribution in [-0.4, -0.2) is 12.2 Å². The zero-order chi connectivity index (χ0) is 11.2. The van der Waals surface area contributed by atoms with Crippen LogP contribution in [0.2, 0.25) is 0 Å². The smallest absolute Gasteiger partial charge is 0.244 e. The Morgan fingerprint density at radius 3 is 2.29 bits per heavy atom. The van der Waals surface area contributed by atoms with Crippen LogP contribution in [0, 0.1) is 0 Å². The Hall–Kier alpha value is 0.920. The maximum Gasteiger partial charge on any atom is 0.244 e. The van der Waals surface area contributed by atoms with Gasteiger partial charge in [-0.25, -0.2) is 0 Å². The van der Waals surface area contributed by atoms with Crippen LogP contribution < -0.4 is 0 Å². The van der Waals surface area contributed by atoms with Gasteiger partial charge in [0.05, 0.1) is 12.2 Å². The third kappa shape index (κ3) is 8.25. The Bertz CT molecular complexity index is 197. The highest BCUT2D eigenvalue weighted by atomic mass is 32.9. The number of unbranched alkanes of at least 4 members (excludes halogenated alkanes) is 1. The van der Waals surface area contributed by atoms with Crippen molar-refractivity contribution < 1.29 is 9.05 Å². The number of hydrogen-bond donors (Lipinski definition) is 1. The number of rotatable bonds is 7. The van der Waals surface area contributed by atoms with E-state index >= 15 is 0 Å². The summed E-state index contributed by atoms with van der Waals surface area (Å²) in [4.78, 5) is 0. The molecule has 0 radical (unpaired) electrons. The molecular weight excluding hydrogens is 235 g/mol. The summed E-state index contributed by atoms with van der Waals surface area (Å²) in [6, 6.07) is 0. The molecule has 2 unspecified atom stereocenters. The Kier molecular flexibility index (Phi) is 7.71. The molecule has 5 heteroatoms. The van der Waals surface area contributed by atoms with Crippen LogP contribution in [0.4, 0.5) is 0 Å². The van der Waals surface area contributed by atoms with Gasteiger partial charge in [-0.05, 0) is 39.0 Å². The second-order valence-corrected chi connectivity index (χ2v) is 8.87. The molecule has 0 aliphatic heterocycles. The quantitative estimate of drug-likeness (QED) is 0.545. The molecule has 0 aliphatic carbocycles. The van der Waals surface area contributed by atoms with Crippen molar-refractivity contribution in [1.29, 1.82) is 0 Å². The van der Waals surface area contributed by atoms with Gasteiger partial charge in [-0.15, -0.1) is 0 Å². The van der Waals surface area contributed by atoms with Crippen molar-refractivity contribution >= 4 is 29.7 Å². The molecule has 0 fully saturated rings. The van der Waals surface area contributed by atoms with Crippen LogP contribution in [0.1, 0.15) is 47.0 Å². The van der Waals surface area contributed by atoms with Gasteiger partial charge in [0.1, 0.15) is 0 Å². The fourth-order valence-electron chi connectivity index (χ4n) is 1.06. The molecular formula is C9H21O2PS2. The lowest BCUT2D eigenvalue weighted by Gasteiger charge is -2.23. The van der Waals surface area contributed by atoms with E-state index in [4.69, 9.17) is 20.9 Å². The maximum absolute atomic E-state index is 5.62. The largest absolute Gasteiger partial charge is 0.319 e. The molecule has 0 spiro atoms. The van der Waals surface area contributed by atoms with Crippen molar-refractivity contribution in [3.05, 3.63) is 0 Å². The molecule has 14 heavy (non-hydrogen) atoms. The molecule has 0 aliphatic rings. The number of thiol groups is 1. The molecule has 2 atom stereocenters. The molecule has 0 bridgehead atoms. The van der Waals surface area contributed by atoms with Crippen molar-refractivity contribution in [3.8, 4) is 0 Å². The van der Waals surface area contributed by atoms with Gasteiger partial charge in [-0.3, -0.25) is 0 Å². The van der Waals surface area contributed by atoms with Gasteiger partial charge in [0.15, 0.2) is 0 Å². The first-order chi connectivity index (χ1) is 6.37. The summed E-state index contributed by atoms with van der Waals surface area (Å²) in [6.07, 6.45) is 3.59. The van der Waals surface area contributed by atoms with Crippen molar-refractivity contribution in [1.82, 2.24) is 0 Å². The van der Waals surface area contributed by atoms with Crippen LogP contribution >= 0.6 is 17.9 Å². The molecule has 0 heterocycles. The lowest BCUT2D eigenvalue weighted by atomic mass is 10.2. The Labute approximate surface area is 98.1 Å². The predicted molar refractivity (Wildman–Crippen MR) is 69.6 cm³/mol. The fourth-order valence-corrected chi connectivity index (χ4v) is 4.21. The second-order valence-electron chi connectivity index (χ2n) is 3.68. The fraction of sp³-hybridized carbons (Fsp3) is 1.00. The summed E-state index contributed by atoms with van der Waals surface area (Å²) < 4.78 is 11.1. The van der Waals surface area contributed by atoms with Gasteiger partial charge in [-0.1, -0.05) is 32.0 Å². The highest BCUT2D eigenvalue weighted by Crippen LogP contribution is 2.55. The molecule has 0 rings (SSSR count). The summed E-state index contributed by atoms with van der Waals surface area (Å²) in [6.45, 7) is 8.07. The zero-order valence-electron chi connectivity index (χ0n) is 9.40. The van der Waals surface area contributed by atoms with E-state index in [-0.39, 0.29) is 12.2 Å². The SMILES string of the molecule is CCCCC(C)OP(=S)(S)OC(C)C. The summed E-state index contributed by atoms with van der Waals surface area (Å²) >= 11 is 9.45. The molecule has 2 nitrogen and oxygen atoms in total. The summed E-state index contributed by atoms with van der Waals surface area (Å²) in [5.41, 5.74) is -2.32. The second kappa shape index (κ2) is 7.24. The normalized spacial score (nSPS) is 18.1. The summed E-state index contributed by atoms with van der Waals surface area (Å²) in [5, 5.41) is 0.